The molecule has 1 aromatic carbocycles. The van der Waals surface area contributed by atoms with Crippen molar-refractivity contribution in [3.8, 4) is 0 Å². The third-order valence-electron chi connectivity index (χ3n) is 8.42. The Labute approximate surface area is 217 Å². The normalized spacial score (nSPS) is 23.5. The number of carbonyl (C=O) groups excluding carboxylic acids is 2. The molecule has 0 bridgehead atoms. The highest BCUT2D eigenvalue weighted by Crippen LogP contribution is 2.55. The molecule has 3 aromatic heterocycles. The van der Waals surface area contributed by atoms with Crippen molar-refractivity contribution >= 4 is 34.1 Å². The summed E-state index contributed by atoms with van der Waals surface area (Å²) >= 11 is 1.34. The molecule has 4 aromatic rings. The molecule has 2 atom stereocenters. The molecule has 2 amide bonds. The van der Waals surface area contributed by atoms with Gasteiger partial charge in [0.05, 0.1) is 24.0 Å². The Kier molecular flexibility index (Phi) is 4.89. The Balaban J connectivity index is 1.13. The van der Waals surface area contributed by atoms with Crippen LogP contribution >= 0.6 is 11.3 Å². The van der Waals surface area contributed by atoms with E-state index in [1.54, 1.807) is 11.7 Å². The lowest BCUT2D eigenvalue weighted by atomic mass is 9.71. The number of hydrogen-bond acceptors (Lipinski definition) is 7. The van der Waals surface area contributed by atoms with Crippen LogP contribution in [0.1, 0.15) is 53.3 Å². The van der Waals surface area contributed by atoms with Gasteiger partial charge in [0.25, 0.3) is 5.91 Å². The molecule has 37 heavy (non-hydrogen) atoms. The lowest BCUT2D eigenvalue weighted by Gasteiger charge is -2.50. The van der Waals surface area contributed by atoms with Crippen molar-refractivity contribution in [3.05, 3.63) is 64.4 Å². The van der Waals surface area contributed by atoms with Gasteiger partial charge in [0.15, 0.2) is 0 Å². The lowest BCUT2D eigenvalue weighted by molar-refractivity contribution is -0.146. The van der Waals surface area contributed by atoms with Crippen molar-refractivity contribution < 1.29 is 14.0 Å². The molecule has 9 nitrogen and oxygen atoms in total. The van der Waals surface area contributed by atoms with Crippen LogP contribution in [0, 0.1) is 16.7 Å². The molecule has 3 fully saturated rings. The Morgan fingerprint density at radius 3 is 2.68 bits per heavy atom. The Morgan fingerprint density at radius 1 is 1.16 bits per heavy atom. The average Bonchev–Trinajstić information content (AvgIpc) is 3.46. The van der Waals surface area contributed by atoms with E-state index in [1.807, 2.05) is 28.0 Å². The van der Waals surface area contributed by atoms with Crippen LogP contribution in [0.4, 0.5) is 0 Å². The zero-order chi connectivity index (χ0) is 25.4. The fourth-order valence-corrected chi connectivity index (χ4v) is 6.70. The van der Waals surface area contributed by atoms with Crippen LogP contribution in [0.25, 0.3) is 10.9 Å². The summed E-state index contributed by atoms with van der Waals surface area (Å²) in [5, 5.41) is 9.93. The maximum Gasteiger partial charge on any atom is 0.265 e. The first-order valence-corrected chi connectivity index (χ1v) is 13.5. The molecule has 2 saturated heterocycles. The van der Waals surface area contributed by atoms with Gasteiger partial charge in [-0.2, -0.15) is 0 Å². The van der Waals surface area contributed by atoms with Gasteiger partial charge in [0.1, 0.15) is 4.88 Å². The summed E-state index contributed by atoms with van der Waals surface area (Å²) in [6.45, 7) is 6.55. The van der Waals surface area contributed by atoms with Crippen LogP contribution in [0.2, 0.25) is 0 Å². The van der Waals surface area contributed by atoms with E-state index in [0.29, 0.717) is 49.3 Å². The van der Waals surface area contributed by atoms with E-state index in [1.165, 1.54) is 11.3 Å². The van der Waals surface area contributed by atoms with Crippen molar-refractivity contribution in [2.45, 2.75) is 32.6 Å². The number of benzene rings is 1. The standard InChI is InChI=1S/C27H28N6O3S/c1-26(2)9-18(26)24(34)33-13-27(14-33)12-32(25(35)21-10-28-15-37-21)11-19(27)23-31-30-22(36-23)8-17-7-16-5-3-4-6-20(16)29-17/h3-7,10,15,18-19,29H,8-9,11-14H2,1-2H3/t18-,19?/m1/s1. The number of thiazole rings is 1. The van der Waals surface area contributed by atoms with Crippen molar-refractivity contribution in [1.82, 2.24) is 30.0 Å². The van der Waals surface area contributed by atoms with E-state index in [4.69, 9.17) is 4.42 Å². The monoisotopic (exact) mass is 516 g/mol. The fourth-order valence-electron chi connectivity index (χ4n) is 6.11. The second-order valence-electron chi connectivity index (χ2n) is 11.5. The van der Waals surface area contributed by atoms with Gasteiger partial charge in [0, 0.05) is 48.7 Å². The second-order valence-corrected chi connectivity index (χ2v) is 12.4. The third kappa shape index (κ3) is 3.77. The molecule has 7 rings (SSSR count). The highest BCUT2D eigenvalue weighted by atomic mass is 32.1. The van der Waals surface area contributed by atoms with Crippen molar-refractivity contribution in [1.29, 1.82) is 0 Å². The molecule has 0 radical (unpaired) electrons. The molecule has 5 heterocycles. The van der Waals surface area contributed by atoms with Crippen LogP contribution < -0.4 is 0 Å². The second kappa shape index (κ2) is 7.98. The third-order valence-corrected chi connectivity index (χ3v) is 9.18. The topological polar surface area (TPSA) is 108 Å². The Morgan fingerprint density at radius 2 is 1.95 bits per heavy atom. The van der Waals surface area contributed by atoms with Gasteiger partial charge in [0.2, 0.25) is 17.7 Å². The minimum atomic E-state index is -0.278. The summed E-state index contributed by atoms with van der Waals surface area (Å²) in [5.41, 5.74) is 3.56. The number of likely N-dealkylation sites (tertiary alicyclic amines) is 2. The molecule has 3 aliphatic rings. The predicted octanol–water partition coefficient (Wildman–Crippen LogP) is 3.71. The van der Waals surface area contributed by atoms with Crippen LogP contribution in [-0.4, -0.2) is 68.0 Å². The van der Waals surface area contributed by atoms with Crippen molar-refractivity contribution in [3.63, 3.8) is 0 Å². The summed E-state index contributed by atoms with van der Waals surface area (Å²) in [6.07, 6.45) is 3.06. The molecule has 2 aliphatic heterocycles. The number of para-hydroxylation sites is 1. The number of aromatic amines is 1. The number of nitrogens with one attached hydrogen (secondary N) is 1. The maximum absolute atomic E-state index is 13.2. The SMILES string of the molecule is CC1(C)C[C@@H]1C(=O)N1CC2(CN(C(=O)c3cncs3)CC2c2nnc(Cc3cc4ccccc4[nH]3)o2)C1. The van der Waals surface area contributed by atoms with Gasteiger partial charge in [-0.25, -0.2) is 0 Å². The molecular weight excluding hydrogens is 488 g/mol. The molecule has 1 unspecified atom stereocenters. The number of carbonyl (C=O) groups is 2. The summed E-state index contributed by atoms with van der Waals surface area (Å²) < 4.78 is 6.21. The minimum absolute atomic E-state index is 0.0321. The first-order valence-electron chi connectivity index (χ1n) is 12.7. The number of nitrogens with zero attached hydrogens (tertiary/aromatic N) is 5. The molecular formula is C27H28N6O3S. The first kappa shape index (κ1) is 22.7. The smallest absolute Gasteiger partial charge is 0.265 e. The van der Waals surface area contributed by atoms with Crippen LogP contribution in [0.3, 0.4) is 0 Å². The average molecular weight is 517 g/mol. The lowest BCUT2D eigenvalue weighted by Crippen LogP contribution is -2.62. The van der Waals surface area contributed by atoms with Crippen LogP contribution in [-0.2, 0) is 11.2 Å². The predicted molar refractivity (Wildman–Crippen MR) is 137 cm³/mol. The number of aromatic nitrogens is 4. The molecule has 10 heteroatoms. The summed E-state index contributed by atoms with van der Waals surface area (Å²) in [4.78, 5) is 38.2. The molecule has 190 valence electrons. The molecule has 1 saturated carbocycles. The van der Waals surface area contributed by atoms with Gasteiger partial charge in [-0.05, 0) is 29.4 Å². The first-order chi connectivity index (χ1) is 17.8. The van der Waals surface area contributed by atoms with Gasteiger partial charge in [-0.3, -0.25) is 14.6 Å². The number of fused-ring (bicyclic) bond motifs is 1. The van der Waals surface area contributed by atoms with Gasteiger partial charge < -0.3 is 19.2 Å². The van der Waals surface area contributed by atoms with Crippen LogP contribution in [0.15, 0.2) is 46.5 Å². The summed E-state index contributed by atoms with van der Waals surface area (Å²) in [5.74, 6) is 1.26. The zero-order valence-corrected chi connectivity index (χ0v) is 21.6. The number of amides is 2. The van der Waals surface area contributed by atoms with Crippen LogP contribution in [0.5, 0.6) is 0 Å². The quantitative estimate of drug-likeness (QED) is 0.433. The van der Waals surface area contributed by atoms with E-state index in [9.17, 15) is 9.59 Å². The highest BCUT2D eigenvalue weighted by molar-refractivity contribution is 7.11. The van der Waals surface area contributed by atoms with Gasteiger partial charge >= 0.3 is 0 Å². The Hall–Kier alpha value is -3.53. The van der Waals surface area contributed by atoms with Gasteiger partial charge in [-0.1, -0.05) is 32.0 Å². The zero-order valence-electron chi connectivity index (χ0n) is 20.8. The van der Waals surface area contributed by atoms with E-state index in [-0.39, 0.29) is 34.5 Å². The number of rotatable bonds is 5. The molecule has 1 N–H and O–H groups in total. The van der Waals surface area contributed by atoms with E-state index >= 15 is 0 Å². The van der Waals surface area contributed by atoms with E-state index in [0.717, 1.165) is 23.0 Å². The largest absolute Gasteiger partial charge is 0.424 e. The van der Waals surface area contributed by atoms with E-state index < -0.39 is 0 Å². The van der Waals surface area contributed by atoms with Gasteiger partial charge in [-0.15, -0.1) is 21.5 Å². The van der Waals surface area contributed by atoms with Crippen molar-refractivity contribution in [2.75, 3.05) is 26.2 Å². The Bertz CT molecular complexity index is 1470. The highest BCUT2D eigenvalue weighted by Gasteiger charge is 2.61. The molecule has 1 spiro atoms. The number of H-pyrrole nitrogens is 1. The fraction of sp³-hybridized carbons (Fsp3) is 0.444. The van der Waals surface area contributed by atoms with Crippen molar-refractivity contribution in [2.24, 2.45) is 16.7 Å². The summed E-state index contributed by atoms with van der Waals surface area (Å²) in [6, 6.07) is 10.2. The minimum Gasteiger partial charge on any atom is -0.424 e. The van der Waals surface area contributed by atoms with E-state index in [2.05, 4.69) is 46.1 Å². The number of hydrogen-bond donors (Lipinski definition) is 1. The summed E-state index contributed by atoms with van der Waals surface area (Å²) in [7, 11) is 0. The maximum atomic E-state index is 13.2. The molecule has 1 aliphatic carbocycles.